The van der Waals surface area contributed by atoms with Crippen LogP contribution in [0.25, 0.3) is 0 Å². The van der Waals surface area contributed by atoms with E-state index in [2.05, 4.69) is 44.3 Å². The molecule has 0 saturated heterocycles. The van der Waals surface area contributed by atoms with Gasteiger partial charge in [-0.05, 0) is 36.6 Å². The molecule has 3 amide bonds. The molecule has 7 heteroatoms. The number of benzene rings is 1. The highest BCUT2D eigenvalue weighted by molar-refractivity contribution is 5.94. The molecule has 25 heavy (non-hydrogen) atoms. The van der Waals surface area contributed by atoms with Crippen molar-refractivity contribution in [2.45, 2.75) is 12.8 Å². The molecule has 3 N–H and O–H groups in total. The minimum atomic E-state index is -0.431. The van der Waals surface area contributed by atoms with E-state index in [-0.39, 0.29) is 0 Å². The first kappa shape index (κ1) is 16.8. The van der Waals surface area contributed by atoms with E-state index in [9.17, 15) is 9.59 Å². The van der Waals surface area contributed by atoms with Gasteiger partial charge in [-0.25, -0.2) is 10.2 Å². The van der Waals surface area contributed by atoms with Gasteiger partial charge in [0.15, 0.2) is 0 Å². The lowest BCUT2D eigenvalue weighted by atomic mass is 10.2. The number of anilines is 1. The van der Waals surface area contributed by atoms with Crippen molar-refractivity contribution in [2.24, 2.45) is 0 Å². The quantitative estimate of drug-likeness (QED) is 0.569. The number of rotatable bonds is 5. The molecule has 7 nitrogen and oxygen atoms in total. The Morgan fingerprint density at radius 3 is 2.84 bits per heavy atom. The standard InChI is InChI=1S/C18H21N5O2/c24-17(15-6-3-9-19-13-15)21-22-18(25)20-10-4-11-23-12-8-14-5-1-2-7-16(14)23/h1-3,5-7,9,13H,4,8,10-12H2,(H,21,24)(H2,20,22,25). The first-order chi connectivity index (χ1) is 12.2. The largest absolute Gasteiger partial charge is 0.371 e. The van der Waals surface area contributed by atoms with E-state index >= 15 is 0 Å². The molecule has 1 aliphatic heterocycles. The maximum Gasteiger partial charge on any atom is 0.333 e. The molecule has 1 aromatic heterocycles. The van der Waals surface area contributed by atoms with Crippen molar-refractivity contribution in [1.29, 1.82) is 0 Å². The van der Waals surface area contributed by atoms with Gasteiger partial charge in [0.2, 0.25) is 0 Å². The van der Waals surface area contributed by atoms with Crippen LogP contribution in [0.4, 0.5) is 10.5 Å². The van der Waals surface area contributed by atoms with Crippen LogP contribution in [-0.4, -0.2) is 36.6 Å². The first-order valence-corrected chi connectivity index (χ1v) is 8.31. The van der Waals surface area contributed by atoms with Crippen LogP contribution in [0.15, 0.2) is 48.8 Å². The van der Waals surface area contributed by atoms with Crippen LogP contribution in [0.2, 0.25) is 0 Å². The van der Waals surface area contributed by atoms with Crippen LogP contribution < -0.4 is 21.1 Å². The van der Waals surface area contributed by atoms with Crippen LogP contribution in [0.3, 0.4) is 0 Å². The highest BCUT2D eigenvalue weighted by Gasteiger charge is 2.17. The van der Waals surface area contributed by atoms with E-state index in [1.165, 1.54) is 17.4 Å². The summed E-state index contributed by atoms with van der Waals surface area (Å²) in [5.41, 5.74) is 7.73. The lowest BCUT2D eigenvalue weighted by Gasteiger charge is -2.19. The summed E-state index contributed by atoms with van der Waals surface area (Å²) >= 11 is 0. The first-order valence-electron chi connectivity index (χ1n) is 8.31. The predicted octanol–water partition coefficient (Wildman–Crippen LogP) is 1.48. The smallest absolute Gasteiger partial charge is 0.333 e. The molecule has 0 aliphatic carbocycles. The number of amides is 3. The molecule has 1 aromatic carbocycles. The average molecular weight is 339 g/mol. The molecule has 0 unspecified atom stereocenters. The topological polar surface area (TPSA) is 86.4 Å². The van der Waals surface area contributed by atoms with Crippen molar-refractivity contribution in [3.63, 3.8) is 0 Å². The summed E-state index contributed by atoms with van der Waals surface area (Å²) in [5, 5.41) is 2.73. The molecule has 3 rings (SSSR count). The number of nitrogens with one attached hydrogen (secondary N) is 3. The summed E-state index contributed by atoms with van der Waals surface area (Å²) in [6, 6.07) is 11.3. The SMILES string of the molecule is O=C(NCCCN1CCc2ccccc21)NNC(=O)c1cccnc1. The van der Waals surface area contributed by atoms with E-state index in [1.54, 1.807) is 18.3 Å². The van der Waals surface area contributed by atoms with Crippen molar-refractivity contribution < 1.29 is 9.59 Å². The van der Waals surface area contributed by atoms with E-state index in [0.29, 0.717) is 12.1 Å². The Hall–Kier alpha value is -3.09. The van der Waals surface area contributed by atoms with Crippen LogP contribution in [-0.2, 0) is 6.42 Å². The second-order valence-electron chi connectivity index (χ2n) is 5.80. The summed E-state index contributed by atoms with van der Waals surface area (Å²) in [5.74, 6) is -0.406. The maximum atomic E-state index is 11.8. The number of para-hydroxylation sites is 1. The number of nitrogens with zero attached hydrogens (tertiary/aromatic N) is 2. The zero-order valence-electron chi connectivity index (χ0n) is 13.9. The van der Waals surface area contributed by atoms with Gasteiger partial charge in [-0.2, -0.15) is 0 Å². The maximum absolute atomic E-state index is 11.8. The minimum Gasteiger partial charge on any atom is -0.371 e. The fourth-order valence-electron chi connectivity index (χ4n) is 2.84. The summed E-state index contributed by atoms with van der Waals surface area (Å²) < 4.78 is 0. The third kappa shape index (κ3) is 4.47. The van der Waals surface area contributed by atoms with Gasteiger partial charge >= 0.3 is 6.03 Å². The van der Waals surface area contributed by atoms with Crippen LogP contribution in [0.1, 0.15) is 22.3 Å². The summed E-state index contributed by atoms with van der Waals surface area (Å²) in [6.45, 7) is 2.44. The number of urea groups is 1. The van der Waals surface area contributed by atoms with E-state index in [1.807, 2.05) is 6.07 Å². The van der Waals surface area contributed by atoms with Gasteiger partial charge in [-0.3, -0.25) is 15.2 Å². The van der Waals surface area contributed by atoms with E-state index < -0.39 is 11.9 Å². The Balaban J connectivity index is 1.33. The molecule has 0 spiro atoms. The molecular weight excluding hydrogens is 318 g/mol. The number of carbonyl (C=O) groups is 2. The van der Waals surface area contributed by atoms with Gasteiger partial charge in [0.25, 0.3) is 5.91 Å². The number of carbonyl (C=O) groups excluding carboxylic acids is 2. The van der Waals surface area contributed by atoms with Gasteiger partial charge in [0.1, 0.15) is 0 Å². The number of fused-ring (bicyclic) bond motifs is 1. The van der Waals surface area contributed by atoms with Gasteiger partial charge in [-0.15, -0.1) is 0 Å². The zero-order valence-corrected chi connectivity index (χ0v) is 13.9. The molecule has 0 bridgehead atoms. The van der Waals surface area contributed by atoms with Crippen molar-refractivity contribution in [1.82, 2.24) is 21.2 Å². The average Bonchev–Trinajstić information content (AvgIpc) is 3.07. The molecule has 0 fully saturated rings. The monoisotopic (exact) mass is 339 g/mol. The van der Waals surface area contributed by atoms with Crippen molar-refractivity contribution >= 4 is 17.6 Å². The second-order valence-corrected chi connectivity index (χ2v) is 5.80. The summed E-state index contributed by atoms with van der Waals surface area (Å²) in [4.78, 5) is 29.7. The Morgan fingerprint density at radius 2 is 2.00 bits per heavy atom. The molecule has 130 valence electrons. The van der Waals surface area contributed by atoms with Crippen LogP contribution in [0, 0.1) is 0 Å². The van der Waals surface area contributed by atoms with Crippen molar-refractivity contribution in [3.8, 4) is 0 Å². The lowest BCUT2D eigenvalue weighted by Crippen LogP contribution is -2.47. The third-order valence-electron chi connectivity index (χ3n) is 4.09. The van der Waals surface area contributed by atoms with Gasteiger partial charge in [-0.1, -0.05) is 18.2 Å². The molecule has 0 atom stereocenters. The number of hydrogen-bond donors (Lipinski definition) is 3. The predicted molar refractivity (Wildman–Crippen MR) is 95.2 cm³/mol. The van der Waals surface area contributed by atoms with Crippen molar-refractivity contribution in [3.05, 3.63) is 59.9 Å². The summed E-state index contributed by atoms with van der Waals surface area (Å²) in [7, 11) is 0. The highest BCUT2D eigenvalue weighted by atomic mass is 16.2. The van der Waals surface area contributed by atoms with Gasteiger partial charge < -0.3 is 10.2 Å². The number of hydrogen-bond acceptors (Lipinski definition) is 4. The van der Waals surface area contributed by atoms with Crippen molar-refractivity contribution in [2.75, 3.05) is 24.5 Å². The normalized spacial score (nSPS) is 12.4. The highest BCUT2D eigenvalue weighted by Crippen LogP contribution is 2.27. The lowest BCUT2D eigenvalue weighted by molar-refractivity contribution is 0.0936. The molecule has 2 heterocycles. The Morgan fingerprint density at radius 1 is 1.12 bits per heavy atom. The Bertz CT molecular complexity index is 735. The Labute approximate surface area is 146 Å². The number of aromatic nitrogens is 1. The van der Waals surface area contributed by atoms with Gasteiger partial charge in [0, 0.05) is 37.7 Å². The molecular formula is C18H21N5O2. The second kappa shape index (κ2) is 8.14. The minimum absolute atomic E-state index is 0.385. The fourth-order valence-corrected chi connectivity index (χ4v) is 2.84. The molecule has 1 aliphatic rings. The fraction of sp³-hybridized carbons (Fsp3) is 0.278. The summed E-state index contributed by atoms with van der Waals surface area (Å²) in [6.07, 6.45) is 4.92. The van der Waals surface area contributed by atoms with Gasteiger partial charge in [0.05, 0.1) is 5.56 Å². The molecule has 0 radical (unpaired) electrons. The molecule has 0 saturated carbocycles. The van der Waals surface area contributed by atoms with E-state index in [0.717, 1.165) is 25.9 Å². The van der Waals surface area contributed by atoms with Crippen LogP contribution >= 0.6 is 0 Å². The number of hydrazine groups is 1. The zero-order chi connectivity index (χ0) is 17.5. The molecule has 2 aromatic rings. The van der Waals surface area contributed by atoms with Crippen LogP contribution in [0.5, 0.6) is 0 Å². The Kier molecular flexibility index (Phi) is 5.46. The third-order valence-corrected chi connectivity index (χ3v) is 4.09. The van der Waals surface area contributed by atoms with E-state index in [4.69, 9.17) is 0 Å². The number of pyridine rings is 1.